The average molecular weight is 566 g/mol. The SMILES string of the molecule is Nc1ncnn2c(CN3CCOCC3)cc(-c3ccc(NC(O)Nc4ccc(Cl)c(C(F)(F)F)c4)c(F)c3)c12. The van der Waals surface area contributed by atoms with Crippen LogP contribution in [0.2, 0.25) is 5.02 Å². The van der Waals surface area contributed by atoms with Crippen LogP contribution in [0.15, 0.2) is 48.8 Å². The Morgan fingerprint density at radius 2 is 1.87 bits per heavy atom. The molecule has 2 aromatic carbocycles. The number of nitrogens with zero attached hydrogens (tertiary/aromatic N) is 4. The fourth-order valence-corrected chi connectivity index (χ4v) is 4.65. The zero-order valence-electron chi connectivity index (χ0n) is 20.3. The number of alkyl halides is 3. The molecule has 1 fully saturated rings. The number of rotatable bonds is 7. The van der Waals surface area contributed by atoms with E-state index in [0.29, 0.717) is 36.4 Å². The van der Waals surface area contributed by atoms with E-state index in [1.165, 1.54) is 24.5 Å². The van der Waals surface area contributed by atoms with Gasteiger partial charge in [-0.3, -0.25) is 4.90 Å². The lowest BCUT2D eigenvalue weighted by Gasteiger charge is -2.26. The first kappa shape index (κ1) is 26.9. The van der Waals surface area contributed by atoms with Gasteiger partial charge < -0.3 is 26.2 Å². The molecule has 14 heteroatoms. The van der Waals surface area contributed by atoms with E-state index in [0.717, 1.165) is 30.9 Å². The van der Waals surface area contributed by atoms with Crippen LogP contribution in [0.25, 0.3) is 16.6 Å². The van der Waals surface area contributed by atoms with Crippen molar-refractivity contribution < 1.29 is 27.4 Å². The zero-order valence-corrected chi connectivity index (χ0v) is 21.1. The van der Waals surface area contributed by atoms with E-state index in [-0.39, 0.29) is 17.2 Å². The van der Waals surface area contributed by atoms with Gasteiger partial charge in [-0.25, -0.2) is 13.9 Å². The molecule has 39 heavy (non-hydrogen) atoms. The lowest BCUT2D eigenvalue weighted by atomic mass is 10.1. The average Bonchev–Trinajstić information content (AvgIpc) is 3.26. The second-order valence-corrected chi connectivity index (χ2v) is 9.33. The smallest absolute Gasteiger partial charge is 0.382 e. The Bertz CT molecular complexity index is 1490. The van der Waals surface area contributed by atoms with Crippen LogP contribution in [-0.2, 0) is 17.5 Å². The summed E-state index contributed by atoms with van der Waals surface area (Å²) in [6.07, 6.45) is -4.92. The number of halogens is 5. The van der Waals surface area contributed by atoms with Crippen molar-refractivity contribution in [2.24, 2.45) is 0 Å². The number of aliphatic hydroxyl groups excluding tert-OH is 1. The Balaban J connectivity index is 1.37. The van der Waals surface area contributed by atoms with Crippen molar-refractivity contribution in [3.8, 4) is 11.1 Å². The fraction of sp³-hybridized carbons (Fsp3) is 0.280. The molecule has 5 rings (SSSR count). The lowest BCUT2D eigenvalue weighted by Crippen LogP contribution is -2.36. The molecule has 4 aromatic rings. The highest BCUT2D eigenvalue weighted by Gasteiger charge is 2.33. The monoisotopic (exact) mass is 565 g/mol. The number of aromatic nitrogens is 3. The summed E-state index contributed by atoms with van der Waals surface area (Å²) in [5.74, 6) is -0.471. The molecular weight excluding hydrogens is 542 g/mol. The molecule has 1 aliphatic rings. The zero-order chi connectivity index (χ0) is 27.7. The van der Waals surface area contributed by atoms with Crippen molar-refractivity contribution in [1.82, 2.24) is 19.5 Å². The lowest BCUT2D eigenvalue weighted by molar-refractivity contribution is -0.137. The summed E-state index contributed by atoms with van der Waals surface area (Å²) in [4.78, 5) is 6.30. The van der Waals surface area contributed by atoms with Crippen LogP contribution >= 0.6 is 11.6 Å². The third-order valence-electron chi connectivity index (χ3n) is 6.29. The largest absolute Gasteiger partial charge is 0.417 e. The number of morpholine rings is 1. The number of nitrogens with two attached hydrogens (primary N) is 1. The summed E-state index contributed by atoms with van der Waals surface area (Å²) in [5, 5.41) is 19.1. The quantitative estimate of drug-likeness (QED) is 0.192. The summed E-state index contributed by atoms with van der Waals surface area (Å²) in [5.41, 5.74) is 7.47. The Hall–Kier alpha value is -3.65. The van der Waals surface area contributed by atoms with E-state index in [1.807, 2.05) is 6.07 Å². The molecular formula is C25H24ClF4N7O2. The number of ether oxygens (including phenoxy) is 1. The van der Waals surface area contributed by atoms with Gasteiger partial charge in [-0.2, -0.15) is 18.3 Å². The fourth-order valence-electron chi connectivity index (χ4n) is 4.43. The van der Waals surface area contributed by atoms with Crippen molar-refractivity contribution in [2.45, 2.75) is 19.1 Å². The number of nitrogens with one attached hydrogen (secondary N) is 2. The van der Waals surface area contributed by atoms with E-state index in [1.54, 1.807) is 10.6 Å². The van der Waals surface area contributed by atoms with Gasteiger partial charge in [-0.05, 0) is 42.0 Å². The van der Waals surface area contributed by atoms with Gasteiger partial charge in [0, 0.05) is 30.9 Å². The minimum Gasteiger partial charge on any atom is -0.382 e. The van der Waals surface area contributed by atoms with Crippen LogP contribution < -0.4 is 16.4 Å². The second-order valence-electron chi connectivity index (χ2n) is 8.92. The maximum Gasteiger partial charge on any atom is 0.417 e. The molecule has 0 amide bonds. The molecule has 0 spiro atoms. The third-order valence-corrected chi connectivity index (χ3v) is 6.62. The van der Waals surface area contributed by atoms with Crippen molar-refractivity contribution in [3.05, 3.63) is 70.9 Å². The summed E-state index contributed by atoms with van der Waals surface area (Å²) < 4.78 is 61.6. The Kier molecular flexibility index (Phi) is 7.49. The van der Waals surface area contributed by atoms with Gasteiger partial charge in [0.25, 0.3) is 0 Å². The maximum atomic E-state index is 15.1. The number of anilines is 3. The van der Waals surface area contributed by atoms with Crippen LogP contribution in [0, 0.1) is 5.82 Å². The van der Waals surface area contributed by atoms with Gasteiger partial charge in [0.1, 0.15) is 17.7 Å². The molecule has 0 radical (unpaired) electrons. The standard InChI is InChI=1S/C25H24ClF4N7O2/c26-19-3-2-15(10-18(19)25(28,29)30)34-24(38)35-21-4-1-14(9-20(21)27)17-11-16(12-36-5-7-39-8-6-36)37-22(17)23(31)32-13-33-37/h1-4,9-11,13,24,34-35,38H,5-8,12H2,(H2,31,32,33). The number of benzene rings is 2. The van der Waals surface area contributed by atoms with E-state index >= 15 is 4.39 Å². The molecule has 1 unspecified atom stereocenters. The molecule has 206 valence electrons. The maximum absolute atomic E-state index is 15.1. The minimum atomic E-state index is -4.67. The van der Waals surface area contributed by atoms with Crippen LogP contribution in [0.3, 0.4) is 0 Å². The topological polar surface area (TPSA) is 113 Å². The molecule has 2 aromatic heterocycles. The van der Waals surface area contributed by atoms with Crippen LogP contribution in [0.4, 0.5) is 34.8 Å². The highest BCUT2D eigenvalue weighted by atomic mass is 35.5. The van der Waals surface area contributed by atoms with E-state index < -0.39 is 28.9 Å². The molecule has 9 nitrogen and oxygen atoms in total. The Morgan fingerprint density at radius 1 is 1.10 bits per heavy atom. The van der Waals surface area contributed by atoms with E-state index in [2.05, 4.69) is 25.6 Å². The second kappa shape index (κ2) is 10.8. The summed E-state index contributed by atoms with van der Waals surface area (Å²) in [6, 6.07) is 9.26. The predicted molar refractivity (Wildman–Crippen MR) is 139 cm³/mol. The van der Waals surface area contributed by atoms with E-state index in [9.17, 15) is 18.3 Å². The molecule has 1 atom stereocenters. The van der Waals surface area contributed by atoms with Crippen LogP contribution in [0.5, 0.6) is 0 Å². The molecule has 0 bridgehead atoms. The first-order valence-corrected chi connectivity index (χ1v) is 12.3. The van der Waals surface area contributed by atoms with Gasteiger partial charge in [-0.1, -0.05) is 17.7 Å². The van der Waals surface area contributed by atoms with Gasteiger partial charge in [-0.15, -0.1) is 0 Å². The molecule has 3 heterocycles. The summed E-state index contributed by atoms with van der Waals surface area (Å²) >= 11 is 5.63. The predicted octanol–water partition coefficient (Wildman–Crippen LogP) is 4.42. The summed E-state index contributed by atoms with van der Waals surface area (Å²) in [6.45, 7) is 3.39. The van der Waals surface area contributed by atoms with Crippen LogP contribution in [-0.4, -0.2) is 57.3 Å². The minimum absolute atomic E-state index is 0.0627. The number of hydrogen-bond donors (Lipinski definition) is 4. The highest BCUT2D eigenvalue weighted by molar-refractivity contribution is 6.31. The molecule has 0 aliphatic carbocycles. The first-order chi connectivity index (χ1) is 18.6. The molecule has 1 saturated heterocycles. The van der Waals surface area contributed by atoms with Gasteiger partial charge >= 0.3 is 6.18 Å². The number of hydrogen-bond acceptors (Lipinski definition) is 8. The number of aliphatic hydroxyl groups is 1. The van der Waals surface area contributed by atoms with E-state index in [4.69, 9.17) is 22.1 Å². The summed E-state index contributed by atoms with van der Waals surface area (Å²) in [7, 11) is 0. The third kappa shape index (κ3) is 5.86. The number of nitrogen functional groups attached to an aromatic ring is 1. The Labute approximate surface area is 225 Å². The molecule has 0 saturated carbocycles. The normalized spacial score (nSPS) is 15.4. The molecule has 5 N–H and O–H groups in total. The highest BCUT2D eigenvalue weighted by Crippen LogP contribution is 2.36. The van der Waals surface area contributed by atoms with Crippen molar-refractivity contribution in [1.29, 1.82) is 0 Å². The van der Waals surface area contributed by atoms with Gasteiger partial charge in [0.15, 0.2) is 5.82 Å². The van der Waals surface area contributed by atoms with Crippen molar-refractivity contribution in [3.63, 3.8) is 0 Å². The van der Waals surface area contributed by atoms with Crippen LogP contribution in [0.1, 0.15) is 11.3 Å². The Morgan fingerprint density at radius 3 is 2.59 bits per heavy atom. The first-order valence-electron chi connectivity index (χ1n) is 11.9. The van der Waals surface area contributed by atoms with Crippen molar-refractivity contribution >= 4 is 34.3 Å². The van der Waals surface area contributed by atoms with Gasteiger partial charge in [0.05, 0.1) is 35.2 Å². The molecule has 1 aliphatic heterocycles. The van der Waals surface area contributed by atoms with Crippen molar-refractivity contribution in [2.75, 3.05) is 42.7 Å². The number of fused-ring (bicyclic) bond motifs is 1. The van der Waals surface area contributed by atoms with Gasteiger partial charge in [0.2, 0.25) is 6.35 Å².